The lowest BCUT2D eigenvalue weighted by Gasteiger charge is -2.40. The molecule has 2 atom stereocenters. The molecule has 1 N–H and O–H groups in total. The minimum atomic E-state index is -0.620. The number of carbonyl (C=O) groups is 2. The predicted molar refractivity (Wildman–Crippen MR) is 126 cm³/mol. The van der Waals surface area contributed by atoms with Gasteiger partial charge in [-0.15, -0.1) is 0 Å². The van der Waals surface area contributed by atoms with Gasteiger partial charge in [-0.2, -0.15) is 0 Å². The van der Waals surface area contributed by atoms with Gasteiger partial charge in [0.25, 0.3) is 5.91 Å². The van der Waals surface area contributed by atoms with Gasteiger partial charge in [0.05, 0.1) is 39.4 Å². The second-order valence-electron chi connectivity index (χ2n) is 8.52. The third-order valence-electron chi connectivity index (χ3n) is 6.54. The first-order chi connectivity index (χ1) is 16.5. The first-order valence-corrected chi connectivity index (χ1v) is 11.6. The number of aromatic nitrogens is 1. The molecule has 2 amide bonds. The average molecular weight is 469 g/mol. The zero-order chi connectivity index (χ0) is 24.1. The van der Waals surface area contributed by atoms with Gasteiger partial charge in [0.15, 0.2) is 11.5 Å². The lowest BCUT2D eigenvalue weighted by Crippen LogP contribution is -2.46. The molecule has 2 aromatic rings. The van der Waals surface area contributed by atoms with Gasteiger partial charge in [0.2, 0.25) is 5.91 Å². The quantitative estimate of drug-likeness (QED) is 0.591. The maximum Gasteiger partial charge on any atom is 0.254 e. The first kappa shape index (κ1) is 24.0. The number of pyridine rings is 1. The molecule has 0 bridgehead atoms. The smallest absolute Gasteiger partial charge is 0.254 e. The van der Waals surface area contributed by atoms with E-state index < -0.39 is 12.0 Å². The van der Waals surface area contributed by atoms with E-state index in [2.05, 4.69) is 15.2 Å². The van der Waals surface area contributed by atoms with Crippen LogP contribution in [0.1, 0.15) is 39.9 Å². The molecular weight excluding hydrogens is 436 g/mol. The van der Waals surface area contributed by atoms with Crippen LogP contribution in [0.3, 0.4) is 0 Å². The molecule has 4 rings (SSSR count). The van der Waals surface area contributed by atoms with Gasteiger partial charge in [-0.25, -0.2) is 0 Å². The van der Waals surface area contributed by atoms with Crippen molar-refractivity contribution in [3.05, 3.63) is 53.3 Å². The SMILES string of the molecule is COc1cc2c(cc1OC)[C@H](C(=O)NCCCN1CCOCC1)[C@H](c1cccnc1)N(C)C2=O. The van der Waals surface area contributed by atoms with Gasteiger partial charge in [0.1, 0.15) is 0 Å². The Kier molecular flexibility index (Phi) is 7.64. The fourth-order valence-corrected chi connectivity index (χ4v) is 4.75. The highest BCUT2D eigenvalue weighted by atomic mass is 16.5. The molecule has 0 unspecified atom stereocenters. The van der Waals surface area contributed by atoms with Crippen LogP contribution in [-0.2, 0) is 9.53 Å². The Labute approximate surface area is 200 Å². The molecule has 3 heterocycles. The molecule has 1 fully saturated rings. The van der Waals surface area contributed by atoms with Gasteiger partial charge >= 0.3 is 0 Å². The number of amides is 2. The Hall–Kier alpha value is -3.17. The maximum absolute atomic E-state index is 13.6. The number of ether oxygens (including phenoxy) is 3. The van der Waals surface area contributed by atoms with E-state index in [0.29, 0.717) is 29.2 Å². The fraction of sp³-hybridized carbons (Fsp3) is 0.480. The number of rotatable bonds is 8. The van der Waals surface area contributed by atoms with Crippen molar-refractivity contribution in [2.24, 2.45) is 0 Å². The Morgan fingerprint density at radius 1 is 1.21 bits per heavy atom. The van der Waals surface area contributed by atoms with E-state index in [4.69, 9.17) is 14.2 Å². The summed E-state index contributed by atoms with van der Waals surface area (Å²) in [5, 5.41) is 3.11. The van der Waals surface area contributed by atoms with Crippen LogP contribution in [0, 0.1) is 0 Å². The lowest BCUT2D eigenvalue weighted by molar-refractivity contribution is -0.124. The van der Waals surface area contributed by atoms with Crippen molar-refractivity contribution in [3.8, 4) is 11.5 Å². The summed E-state index contributed by atoms with van der Waals surface area (Å²) in [5.41, 5.74) is 1.86. The first-order valence-electron chi connectivity index (χ1n) is 11.6. The van der Waals surface area contributed by atoms with Crippen LogP contribution >= 0.6 is 0 Å². The van der Waals surface area contributed by atoms with Crippen molar-refractivity contribution in [3.63, 3.8) is 0 Å². The van der Waals surface area contributed by atoms with Crippen LogP contribution in [0.25, 0.3) is 0 Å². The van der Waals surface area contributed by atoms with E-state index in [9.17, 15) is 9.59 Å². The molecule has 2 aliphatic rings. The summed E-state index contributed by atoms with van der Waals surface area (Å²) >= 11 is 0. The van der Waals surface area contributed by atoms with Crippen LogP contribution in [0.2, 0.25) is 0 Å². The number of hydrogen-bond acceptors (Lipinski definition) is 7. The summed E-state index contributed by atoms with van der Waals surface area (Å²) in [6, 6.07) is 6.62. The van der Waals surface area contributed by atoms with Crippen LogP contribution in [-0.4, -0.2) is 87.3 Å². The third kappa shape index (κ3) is 4.85. The monoisotopic (exact) mass is 468 g/mol. The van der Waals surface area contributed by atoms with E-state index >= 15 is 0 Å². The molecule has 0 saturated carbocycles. The maximum atomic E-state index is 13.6. The fourth-order valence-electron chi connectivity index (χ4n) is 4.75. The predicted octanol–water partition coefficient (Wildman–Crippen LogP) is 1.85. The number of nitrogens with zero attached hydrogens (tertiary/aromatic N) is 3. The van der Waals surface area contributed by atoms with Crippen molar-refractivity contribution in [1.29, 1.82) is 0 Å². The zero-order valence-corrected chi connectivity index (χ0v) is 20.0. The Balaban J connectivity index is 1.62. The van der Waals surface area contributed by atoms with Crippen LogP contribution in [0.5, 0.6) is 11.5 Å². The molecule has 34 heavy (non-hydrogen) atoms. The number of carbonyl (C=O) groups excluding carboxylic acids is 2. The van der Waals surface area contributed by atoms with E-state index in [0.717, 1.165) is 44.8 Å². The van der Waals surface area contributed by atoms with Crippen molar-refractivity contribution in [2.75, 3.05) is 60.7 Å². The van der Waals surface area contributed by atoms with Crippen LogP contribution < -0.4 is 14.8 Å². The molecular formula is C25H32N4O5. The molecule has 2 aliphatic heterocycles. The summed E-state index contributed by atoms with van der Waals surface area (Å²) in [5.74, 6) is -0.00364. The minimum Gasteiger partial charge on any atom is -0.493 e. The molecule has 9 heteroatoms. The number of benzene rings is 1. The molecule has 1 aromatic carbocycles. The second kappa shape index (κ2) is 10.8. The molecule has 182 valence electrons. The molecule has 0 spiro atoms. The van der Waals surface area contributed by atoms with Crippen LogP contribution in [0.15, 0.2) is 36.7 Å². The summed E-state index contributed by atoms with van der Waals surface area (Å²) in [4.78, 5) is 35.1. The molecule has 0 aliphatic carbocycles. The highest BCUT2D eigenvalue weighted by Gasteiger charge is 2.43. The summed E-state index contributed by atoms with van der Waals surface area (Å²) in [6.45, 7) is 4.80. The topological polar surface area (TPSA) is 93.2 Å². The zero-order valence-electron chi connectivity index (χ0n) is 20.0. The van der Waals surface area contributed by atoms with E-state index in [1.54, 1.807) is 43.6 Å². The molecule has 9 nitrogen and oxygen atoms in total. The van der Waals surface area contributed by atoms with Crippen molar-refractivity contribution in [2.45, 2.75) is 18.4 Å². The highest BCUT2D eigenvalue weighted by Crippen LogP contribution is 2.45. The minimum absolute atomic E-state index is 0.136. The average Bonchev–Trinajstić information content (AvgIpc) is 2.88. The number of likely N-dealkylation sites (N-methyl/N-ethyl adjacent to an activating group) is 1. The van der Waals surface area contributed by atoms with E-state index in [1.165, 1.54) is 7.11 Å². The number of nitrogens with one attached hydrogen (secondary N) is 1. The molecule has 1 aromatic heterocycles. The van der Waals surface area contributed by atoms with Crippen molar-refractivity contribution < 1.29 is 23.8 Å². The Morgan fingerprint density at radius 2 is 1.94 bits per heavy atom. The van der Waals surface area contributed by atoms with Gasteiger partial charge < -0.3 is 24.4 Å². The van der Waals surface area contributed by atoms with Gasteiger partial charge in [-0.05, 0) is 42.3 Å². The lowest BCUT2D eigenvalue weighted by atomic mass is 9.79. The normalized spacial score (nSPS) is 20.6. The van der Waals surface area contributed by atoms with Gasteiger partial charge in [-0.3, -0.25) is 19.5 Å². The van der Waals surface area contributed by atoms with Gasteiger partial charge in [-0.1, -0.05) is 6.07 Å². The Morgan fingerprint density at radius 3 is 2.62 bits per heavy atom. The third-order valence-corrected chi connectivity index (χ3v) is 6.54. The second-order valence-corrected chi connectivity index (χ2v) is 8.52. The summed E-state index contributed by atoms with van der Waals surface area (Å²) in [6.07, 6.45) is 4.22. The molecule has 1 saturated heterocycles. The Bertz CT molecular complexity index is 1010. The number of hydrogen-bond donors (Lipinski definition) is 1. The van der Waals surface area contributed by atoms with Crippen LogP contribution in [0.4, 0.5) is 0 Å². The van der Waals surface area contributed by atoms with Crippen molar-refractivity contribution in [1.82, 2.24) is 20.1 Å². The summed E-state index contributed by atoms with van der Waals surface area (Å²) < 4.78 is 16.3. The largest absolute Gasteiger partial charge is 0.493 e. The van der Waals surface area contributed by atoms with Gasteiger partial charge in [0, 0.05) is 44.6 Å². The van der Waals surface area contributed by atoms with E-state index in [-0.39, 0.29) is 11.8 Å². The molecule has 0 radical (unpaired) electrons. The highest BCUT2D eigenvalue weighted by molar-refractivity contribution is 6.02. The van der Waals surface area contributed by atoms with E-state index in [1.807, 2.05) is 12.1 Å². The number of morpholine rings is 1. The number of fused-ring (bicyclic) bond motifs is 1. The number of methoxy groups -OCH3 is 2. The van der Waals surface area contributed by atoms with Crippen molar-refractivity contribution >= 4 is 11.8 Å². The summed E-state index contributed by atoms with van der Waals surface area (Å²) in [7, 11) is 4.79. The standard InChI is InChI=1S/C25H32N4O5/c1-28-23(17-6-4-7-26-16-17)22(24(30)27-8-5-9-29-10-12-34-13-11-29)18-14-20(32-2)21(33-3)15-19(18)25(28)31/h4,6-7,14-16,22-23H,5,8-13H2,1-3H3,(H,27,30)/t22-,23-/m0/s1.